The average molecular weight is 370 g/mol. The van der Waals surface area contributed by atoms with Crippen LogP contribution in [-0.2, 0) is 15.4 Å². The van der Waals surface area contributed by atoms with Crippen molar-refractivity contribution < 1.29 is 12.8 Å². The molecule has 0 bridgehead atoms. The number of nitrogens with zero attached hydrogens (tertiary/aromatic N) is 1. The number of benzene rings is 1. The van der Waals surface area contributed by atoms with E-state index in [1.165, 1.54) is 6.07 Å². The molecule has 1 aliphatic rings. The lowest BCUT2D eigenvalue weighted by atomic mass is 9.95. The predicted octanol–water partition coefficient (Wildman–Crippen LogP) is 1.35. The van der Waals surface area contributed by atoms with Crippen LogP contribution in [0.4, 0.5) is 4.39 Å². The van der Waals surface area contributed by atoms with E-state index in [1.807, 2.05) is 12.1 Å². The second-order valence-electron chi connectivity index (χ2n) is 7.30. The summed E-state index contributed by atoms with van der Waals surface area (Å²) < 4.78 is 39.4. The summed E-state index contributed by atoms with van der Waals surface area (Å²) >= 11 is 0. The Bertz CT molecular complexity index is 743. The van der Waals surface area contributed by atoms with E-state index in [2.05, 4.69) is 20.3 Å². The van der Waals surface area contributed by atoms with Crippen LogP contribution in [0.1, 0.15) is 32.3 Å². The van der Waals surface area contributed by atoms with Crippen LogP contribution < -0.4 is 15.4 Å². The van der Waals surface area contributed by atoms with E-state index in [0.29, 0.717) is 19.0 Å². The number of rotatable bonds is 7. The largest absolute Gasteiger partial charge is 0.356 e. The molecule has 1 aromatic carbocycles. The van der Waals surface area contributed by atoms with Crippen molar-refractivity contribution >= 4 is 16.0 Å². The van der Waals surface area contributed by atoms with Crippen molar-refractivity contribution in [3.8, 4) is 0 Å². The molecule has 1 fully saturated rings. The Labute approximate surface area is 149 Å². The molecule has 1 aliphatic carbocycles. The molecule has 0 heterocycles. The van der Waals surface area contributed by atoms with Gasteiger partial charge in [0.2, 0.25) is 10.0 Å². The molecule has 0 aliphatic heterocycles. The zero-order valence-corrected chi connectivity index (χ0v) is 16.0. The Kier molecular flexibility index (Phi) is 5.73. The van der Waals surface area contributed by atoms with Crippen LogP contribution in [0.15, 0.2) is 29.3 Å². The summed E-state index contributed by atoms with van der Waals surface area (Å²) in [6.45, 7) is 4.52. The van der Waals surface area contributed by atoms with Gasteiger partial charge in [-0.2, -0.15) is 0 Å². The van der Waals surface area contributed by atoms with E-state index in [4.69, 9.17) is 0 Å². The summed E-state index contributed by atoms with van der Waals surface area (Å²) in [7, 11) is -1.65. The monoisotopic (exact) mass is 370 g/mol. The third-order valence-electron chi connectivity index (χ3n) is 4.28. The van der Waals surface area contributed by atoms with Crippen molar-refractivity contribution in [2.45, 2.75) is 37.6 Å². The molecule has 0 atom stereocenters. The van der Waals surface area contributed by atoms with Crippen LogP contribution in [0.5, 0.6) is 0 Å². The minimum absolute atomic E-state index is 0.178. The van der Waals surface area contributed by atoms with Crippen LogP contribution in [0.25, 0.3) is 0 Å². The van der Waals surface area contributed by atoms with Gasteiger partial charge in [-0.05, 0) is 38.3 Å². The summed E-state index contributed by atoms with van der Waals surface area (Å²) in [4.78, 5) is 4.16. The second-order valence-corrected chi connectivity index (χ2v) is 9.05. The molecule has 140 valence electrons. The van der Waals surface area contributed by atoms with Gasteiger partial charge in [-0.25, -0.2) is 17.5 Å². The Morgan fingerprint density at radius 1 is 1.28 bits per heavy atom. The molecule has 25 heavy (non-hydrogen) atoms. The fraction of sp³-hybridized carbons (Fsp3) is 0.588. The number of hydrogen-bond acceptors (Lipinski definition) is 3. The van der Waals surface area contributed by atoms with Gasteiger partial charge in [0.05, 0.1) is 6.26 Å². The Morgan fingerprint density at radius 3 is 2.44 bits per heavy atom. The van der Waals surface area contributed by atoms with Crippen molar-refractivity contribution in [2.75, 3.05) is 26.4 Å². The third-order valence-corrected chi connectivity index (χ3v) is 5.20. The van der Waals surface area contributed by atoms with Gasteiger partial charge >= 0.3 is 0 Å². The first-order chi connectivity index (χ1) is 11.6. The van der Waals surface area contributed by atoms with Gasteiger partial charge in [-0.15, -0.1) is 0 Å². The highest BCUT2D eigenvalue weighted by molar-refractivity contribution is 7.88. The molecular weight excluding hydrogens is 343 g/mol. The van der Waals surface area contributed by atoms with E-state index in [9.17, 15) is 12.8 Å². The summed E-state index contributed by atoms with van der Waals surface area (Å²) in [5, 5.41) is 6.35. The highest BCUT2D eigenvalue weighted by atomic mass is 32.2. The van der Waals surface area contributed by atoms with Gasteiger partial charge in [0, 0.05) is 31.1 Å². The molecule has 0 radical (unpaired) electrons. The highest BCUT2D eigenvalue weighted by Gasteiger charge is 2.45. The molecule has 0 saturated heterocycles. The minimum atomic E-state index is -3.29. The molecule has 1 saturated carbocycles. The molecule has 3 N–H and O–H groups in total. The molecule has 2 rings (SSSR count). The molecule has 0 unspecified atom stereocenters. The first kappa shape index (κ1) is 19.7. The number of halogens is 1. The van der Waals surface area contributed by atoms with E-state index in [0.717, 1.165) is 24.7 Å². The first-order valence-electron chi connectivity index (χ1n) is 8.25. The lowest BCUT2D eigenvalue weighted by molar-refractivity contribution is 0.446. The van der Waals surface area contributed by atoms with Crippen LogP contribution in [0.3, 0.4) is 0 Å². The lowest BCUT2D eigenvalue weighted by Gasteiger charge is -2.27. The zero-order valence-electron chi connectivity index (χ0n) is 15.2. The molecule has 0 aromatic heterocycles. The predicted molar refractivity (Wildman–Crippen MR) is 98.7 cm³/mol. The zero-order chi connectivity index (χ0) is 18.7. The van der Waals surface area contributed by atoms with Crippen LogP contribution >= 0.6 is 0 Å². The van der Waals surface area contributed by atoms with E-state index >= 15 is 0 Å². The normalized spacial score (nSPS) is 17.2. The van der Waals surface area contributed by atoms with Crippen molar-refractivity contribution in [2.24, 2.45) is 4.99 Å². The summed E-state index contributed by atoms with van der Waals surface area (Å²) in [5.74, 6) is 0.384. The number of aliphatic imine (C=N–C) groups is 1. The number of nitrogens with one attached hydrogen (secondary N) is 3. The van der Waals surface area contributed by atoms with E-state index in [-0.39, 0.29) is 11.2 Å². The molecular formula is C17H27FN4O2S. The Balaban J connectivity index is 1.92. The van der Waals surface area contributed by atoms with Crippen molar-refractivity contribution in [3.63, 3.8) is 0 Å². The van der Waals surface area contributed by atoms with Gasteiger partial charge in [0.25, 0.3) is 0 Å². The van der Waals surface area contributed by atoms with Gasteiger partial charge in [-0.1, -0.05) is 18.2 Å². The van der Waals surface area contributed by atoms with Crippen molar-refractivity contribution in [1.82, 2.24) is 15.4 Å². The summed E-state index contributed by atoms with van der Waals surface area (Å²) in [5.41, 5.74) is -0.116. The molecule has 1 aromatic rings. The average Bonchev–Trinajstić information content (AvgIpc) is 3.26. The molecule has 8 heteroatoms. The number of hydrogen-bond donors (Lipinski definition) is 3. The smallest absolute Gasteiger partial charge is 0.209 e. The van der Waals surface area contributed by atoms with Gasteiger partial charge < -0.3 is 10.6 Å². The first-order valence-corrected chi connectivity index (χ1v) is 10.1. The summed E-state index contributed by atoms with van der Waals surface area (Å²) in [6, 6.07) is 6.87. The molecule has 0 amide bonds. The molecule has 0 spiro atoms. The van der Waals surface area contributed by atoms with Crippen LogP contribution in [0, 0.1) is 5.82 Å². The topological polar surface area (TPSA) is 82.6 Å². The maximum Gasteiger partial charge on any atom is 0.209 e. The van der Waals surface area contributed by atoms with Crippen molar-refractivity contribution in [3.05, 3.63) is 35.6 Å². The fourth-order valence-corrected chi connectivity index (χ4v) is 3.98. The van der Waals surface area contributed by atoms with Gasteiger partial charge in [0.15, 0.2) is 5.96 Å². The maximum absolute atomic E-state index is 14.1. The van der Waals surface area contributed by atoms with Crippen molar-refractivity contribution in [1.29, 1.82) is 0 Å². The number of sulfonamides is 1. The lowest BCUT2D eigenvalue weighted by Crippen LogP contribution is -2.53. The SMILES string of the molecule is CN=C(NCC(C)(C)NS(C)(=O)=O)NCC1(c2ccccc2F)CC1. The Hall–Kier alpha value is -1.67. The maximum atomic E-state index is 14.1. The second kappa shape index (κ2) is 7.29. The summed E-state index contributed by atoms with van der Waals surface area (Å²) in [6.07, 6.45) is 2.99. The fourth-order valence-electron chi connectivity index (χ4n) is 2.90. The number of guanidine groups is 1. The van der Waals surface area contributed by atoms with Crippen LogP contribution in [-0.4, -0.2) is 46.3 Å². The van der Waals surface area contributed by atoms with E-state index < -0.39 is 15.6 Å². The van der Waals surface area contributed by atoms with Gasteiger partial charge in [-0.3, -0.25) is 4.99 Å². The minimum Gasteiger partial charge on any atom is -0.356 e. The quantitative estimate of drug-likeness (QED) is 0.500. The highest BCUT2D eigenvalue weighted by Crippen LogP contribution is 2.48. The molecule has 6 nitrogen and oxygen atoms in total. The third kappa shape index (κ3) is 5.67. The van der Waals surface area contributed by atoms with E-state index in [1.54, 1.807) is 27.0 Å². The van der Waals surface area contributed by atoms with Gasteiger partial charge in [0.1, 0.15) is 5.82 Å². The van der Waals surface area contributed by atoms with Crippen LogP contribution in [0.2, 0.25) is 0 Å². The standard InChI is InChI=1S/C17H27FN4O2S/c1-16(2,22-25(4,23)24)11-20-15(19-3)21-12-17(9-10-17)13-7-5-6-8-14(13)18/h5-8,22H,9-12H2,1-4H3,(H2,19,20,21). The Morgan fingerprint density at radius 2 is 1.92 bits per heavy atom.